The van der Waals surface area contributed by atoms with Crippen LogP contribution < -0.4 is 15.1 Å². The van der Waals surface area contributed by atoms with Crippen LogP contribution in [-0.2, 0) is 4.74 Å². The van der Waals surface area contributed by atoms with Crippen molar-refractivity contribution in [3.63, 3.8) is 0 Å². The Labute approximate surface area is 152 Å². The minimum absolute atomic E-state index is 0.106. The number of benzene rings is 1. The molecule has 2 aromatic rings. The summed E-state index contributed by atoms with van der Waals surface area (Å²) in [6.45, 7) is 7.29. The lowest BCUT2D eigenvalue weighted by atomic mass is 10.2. The number of phenols is 1. The van der Waals surface area contributed by atoms with Gasteiger partial charge in [-0.15, -0.1) is 0 Å². The molecule has 0 radical (unpaired) electrons. The largest absolute Gasteiger partial charge is 0.507 e. The molecule has 0 spiro atoms. The summed E-state index contributed by atoms with van der Waals surface area (Å²) in [5.41, 5.74) is 3.48. The zero-order valence-corrected chi connectivity index (χ0v) is 15.0. The van der Waals surface area contributed by atoms with Gasteiger partial charge in [0.15, 0.2) is 5.82 Å². The molecule has 0 unspecified atom stereocenters. The number of hydrogen-bond donors (Lipinski definition) is 2. The first-order chi connectivity index (χ1) is 12.7. The van der Waals surface area contributed by atoms with Crippen molar-refractivity contribution in [1.82, 2.24) is 9.97 Å². The Hall–Kier alpha value is -2.87. The molecule has 0 amide bonds. The molecular formula is C18H23N5O3. The van der Waals surface area contributed by atoms with Crippen LogP contribution in [0.2, 0.25) is 0 Å². The third kappa shape index (κ3) is 4.60. The van der Waals surface area contributed by atoms with Gasteiger partial charge in [-0.2, -0.15) is 5.10 Å². The van der Waals surface area contributed by atoms with Gasteiger partial charge in [-0.25, -0.2) is 9.97 Å². The van der Waals surface area contributed by atoms with Crippen molar-refractivity contribution in [2.24, 2.45) is 5.10 Å². The lowest BCUT2D eigenvalue weighted by molar-refractivity contribution is 0.122. The van der Waals surface area contributed by atoms with E-state index in [1.807, 2.05) is 19.9 Å². The summed E-state index contributed by atoms with van der Waals surface area (Å²) >= 11 is 0. The van der Waals surface area contributed by atoms with Crippen LogP contribution in [0.5, 0.6) is 11.5 Å². The molecule has 2 heterocycles. The lowest BCUT2D eigenvalue weighted by Gasteiger charge is -2.28. The molecule has 1 saturated heterocycles. The second-order valence-electron chi connectivity index (χ2n) is 5.78. The first-order valence-corrected chi connectivity index (χ1v) is 8.59. The molecule has 0 aliphatic carbocycles. The van der Waals surface area contributed by atoms with E-state index in [4.69, 9.17) is 9.47 Å². The van der Waals surface area contributed by atoms with Gasteiger partial charge in [-0.05, 0) is 26.0 Å². The Morgan fingerprint density at radius 2 is 2.12 bits per heavy atom. The number of anilines is 2. The minimum atomic E-state index is 0.106. The highest BCUT2D eigenvalue weighted by Crippen LogP contribution is 2.22. The Kier molecular flexibility index (Phi) is 5.85. The standard InChI is InChI=1S/C18H23N5O3/c1-3-26-15-5-4-14(16(24)10-15)12-19-22-17-11-18(21-13(2)20-17)23-6-8-25-9-7-23/h4-5,10-12,24H,3,6-9H2,1-2H3,(H,20,21,22)/b19-12-. The number of nitrogens with zero attached hydrogens (tertiary/aromatic N) is 4. The summed E-state index contributed by atoms with van der Waals surface area (Å²) in [4.78, 5) is 11.0. The van der Waals surface area contributed by atoms with Crippen LogP contribution in [0.3, 0.4) is 0 Å². The van der Waals surface area contributed by atoms with Gasteiger partial charge in [0, 0.05) is 30.8 Å². The summed E-state index contributed by atoms with van der Waals surface area (Å²) in [7, 11) is 0. The quantitative estimate of drug-likeness (QED) is 0.605. The zero-order chi connectivity index (χ0) is 18.4. The summed E-state index contributed by atoms with van der Waals surface area (Å²) in [5.74, 6) is 2.84. The highest BCUT2D eigenvalue weighted by atomic mass is 16.5. The maximum absolute atomic E-state index is 10.0. The smallest absolute Gasteiger partial charge is 0.152 e. The highest BCUT2D eigenvalue weighted by molar-refractivity contribution is 5.84. The molecule has 3 rings (SSSR count). The highest BCUT2D eigenvalue weighted by Gasteiger charge is 2.14. The molecule has 1 aliphatic rings. The number of aromatic hydroxyl groups is 1. The van der Waals surface area contributed by atoms with Crippen LogP contribution >= 0.6 is 0 Å². The van der Waals surface area contributed by atoms with Crippen molar-refractivity contribution in [2.45, 2.75) is 13.8 Å². The van der Waals surface area contributed by atoms with E-state index in [0.29, 0.717) is 42.8 Å². The first kappa shape index (κ1) is 17.9. The number of rotatable bonds is 6. The molecule has 0 bridgehead atoms. The third-order valence-corrected chi connectivity index (χ3v) is 3.86. The lowest BCUT2D eigenvalue weighted by Crippen LogP contribution is -2.36. The molecular weight excluding hydrogens is 334 g/mol. The SMILES string of the molecule is CCOc1ccc(/C=N\Nc2cc(N3CCOCC3)nc(C)n2)c(O)c1. The second kappa shape index (κ2) is 8.48. The predicted octanol–water partition coefficient (Wildman–Crippen LogP) is 2.17. The van der Waals surface area contributed by atoms with Crippen molar-refractivity contribution in [1.29, 1.82) is 0 Å². The maximum Gasteiger partial charge on any atom is 0.152 e. The normalized spacial score (nSPS) is 14.6. The van der Waals surface area contributed by atoms with E-state index in [9.17, 15) is 5.11 Å². The molecule has 138 valence electrons. The maximum atomic E-state index is 10.0. The van der Waals surface area contributed by atoms with Crippen molar-refractivity contribution in [3.8, 4) is 11.5 Å². The van der Waals surface area contributed by atoms with Gasteiger partial charge in [-0.3, -0.25) is 5.43 Å². The summed E-state index contributed by atoms with van der Waals surface area (Å²) in [6, 6.07) is 6.95. The fraction of sp³-hybridized carbons (Fsp3) is 0.389. The van der Waals surface area contributed by atoms with Crippen LogP contribution in [0.15, 0.2) is 29.4 Å². The summed E-state index contributed by atoms with van der Waals surface area (Å²) in [6.07, 6.45) is 1.54. The second-order valence-corrected chi connectivity index (χ2v) is 5.78. The van der Waals surface area contributed by atoms with E-state index in [0.717, 1.165) is 18.9 Å². The molecule has 8 nitrogen and oxygen atoms in total. The molecule has 1 aromatic heterocycles. The van der Waals surface area contributed by atoms with Crippen molar-refractivity contribution in [2.75, 3.05) is 43.2 Å². The number of aryl methyl sites for hydroxylation is 1. The van der Waals surface area contributed by atoms with E-state index >= 15 is 0 Å². The average Bonchev–Trinajstić information content (AvgIpc) is 2.64. The molecule has 0 saturated carbocycles. The number of ether oxygens (including phenoxy) is 2. The molecule has 1 aromatic carbocycles. The van der Waals surface area contributed by atoms with Crippen LogP contribution in [0, 0.1) is 6.92 Å². The van der Waals surface area contributed by atoms with Gasteiger partial charge in [0.25, 0.3) is 0 Å². The minimum Gasteiger partial charge on any atom is -0.507 e. The molecule has 2 N–H and O–H groups in total. The first-order valence-electron chi connectivity index (χ1n) is 8.59. The van der Waals surface area contributed by atoms with Crippen molar-refractivity contribution >= 4 is 17.9 Å². The van der Waals surface area contributed by atoms with E-state index in [2.05, 4.69) is 25.4 Å². The van der Waals surface area contributed by atoms with E-state index in [1.54, 1.807) is 18.2 Å². The van der Waals surface area contributed by atoms with Crippen molar-refractivity contribution < 1.29 is 14.6 Å². The molecule has 8 heteroatoms. The van der Waals surface area contributed by atoms with Gasteiger partial charge < -0.3 is 19.5 Å². The van der Waals surface area contributed by atoms with Gasteiger partial charge in [0.1, 0.15) is 23.1 Å². The van der Waals surface area contributed by atoms with Crippen LogP contribution in [0.4, 0.5) is 11.6 Å². The number of aromatic nitrogens is 2. The fourth-order valence-electron chi connectivity index (χ4n) is 2.62. The Balaban J connectivity index is 1.69. The number of hydrogen-bond acceptors (Lipinski definition) is 8. The summed E-state index contributed by atoms with van der Waals surface area (Å²) in [5, 5.41) is 14.2. The molecule has 26 heavy (non-hydrogen) atoms. The van der Waals surface area contributed by atoms with Gasteiger partial charge >= 0.3 is 0 Å². The molecule has 1 fully saturated rings. The monoisotopic (exact) mass is 357 g/mol. The van der Waals surface area contributed by atoms with Crippen molar-refractivity contribution in [3.05, 3.63) is 35.7 Å². The zero-order valence-electron chi connectivity index (χ0n) is 15.0. The number of phenolic OH excluding ortho intramolecular Hbond substituents is 1. The predicted molar refractivity (Wildman–Crippen MR) is 100 cm³/mol. The number of morpholine rings is 1. The van der Waals surface area contributed by atoms with Crippen LogP contribution in [0.1, 0.15) is 18.3 Å². The van der Waals surface area contributed by atoms with Gasteiger partial charge in [-0.1, -0.05) is 0 Å². The third-order valence-electron chi connectivity index (χ3n) is 3.86. The van der Waals surface area contributed by atoms with Gasteiger partial charge in [0.2, 0.25) is 0 Å². The van der Waals surface area contributed by atoms with Crippen LogP contribution in [-0.4, -0.2) is 54.2 Å². The summed E-state index contributed by atoms with van der Waals surface area (Å²) < 4.78 is 10.7. The van der Waals surface area contributed by atoms with Crippen LogP contribution in [0.25, 0.3) is 0 Å². The topological polar surface area (TPSA) is 92.1 Å². The van der Waals surface area contributed by atoms with Gasteiger partial charge in [0.05, 0.1) is 26.0 Å². The molecule has 1 aliphatic heterocycles. The number of hydrazone groups is 1. The van der Waals surface area contributed by atoms with E-state index < -0.39 is 0 Å². The fourth-order valence-corrected chi connectivity index (χ4v) is 2.62. The van der Waals surface area contributed by atoms with E-state index in [-0.39, 0.29) is 5.75 Å². The van der Waals surface area contributed by atoms with E-state index in [1.165, 1.54) is 6.21 Å². The number of nitrogens with one attached hydrogen (secondary N) is 1. The molecule has 0 atom stereocenters. The Morgan fingerprint density at radius 1 is 1.31 bits per heavy atom. The Morgan fingerprint density at radius 3 is 2.85 bits per heavy atom. The Bertz CT molecular complexity index is 775. The average molecular weight is 357 g/mol.